The molecule has 0 amide bonds. The summed E-state index contributed by atoms with van der Waals surface area (Å²) in [5.41, 5.74) is 1.28. The van der Waals surface area contributed by atoms with Crippen molar-refractivity contribution in [1.29, 1.82) is 0 Å². The normalized spacial score (nSPS) is 12.1. The summed E-state index contributed by atoms with van der Waals surface area (Å²) in [7, 11) is 1.65. The number of fused-ring (bicyclic) bond motifs is 2. The second-order valence-electron chi connectivity index (χ2n) is 10.9. The van der Waals surface area contributed by atoms with Crippen LogP contribution in [-0.2, 0) is 0 Å². The van der Waals surface area contributed by atoms with Crippen LogP contribution in [0.4, 0.5) is 0 Å². The van der Waals surface area contributed by atoms with Crippen LogP contribution in [0.15, 0.2) is 170 Å². The third kappa shape index (κ3) is 16.9. The molecule has 1 nitrogen and oxygen atoms in total. The van der Waals surface area contributed by atoms with Gasteiger partial charge < -0.3 is 4.74 Å². The second-order valence-corrected chi connectivity index (χ2v) is 18.5. The SMILES string of the molecule is C.CC(C)(C)S.COc1ccc(S)cc1.Cc1ccc(S)cc1.Sc1ccccc1.c1ccc2c(c1)SC(=C1Sc3ccccc3S1)S2. The zero-order chi connectivity index (χ0) is 34.2. The summed E-state index contributed by atoms with van der Waals surface area (Å²) in [5, 5.41) is 0. The highest BCUT2D eigenvalue weighted by molar-refractivity contribution is 8.30. The first-order valence-electron chi connectivity index (χ1n) is 14.6. The summed E-state index contributed by atoms with van der Waals surface area (Å²) < 4.78 is 8.00. The van der Waals surface area contributed by atoms with Gasteiger partial charge in [-0.25, -0.2) is 0 Å². The molecule has 0 spiro atoms. The van der Waals surface area contributed by atoms with Gasteiger partial charge in [0.05, 0.1) is 15.6 Å². The van der Waals surface area contributed by atoms with Crippen LogP contribution in [-0.4, -0.2) is 11.9 Å². The zero-order valence-corrected chi connectivity index (χ0v) is 33.8. The summed E-state index contributed by atoms with van der Waals surface area (Å²) >= 11 is 24.1. The Morgan fingerprint density at radius 2 is 0.771 bits per heavy atom. The Labute approximate surface area is 327 Å². The third-order valence-electron chi connectivity index (χ3n) is 5.54. The molecular formula is C39H44OS8. The van der Waals surface area contributed by atoms with E-state index in [-0.39, 0.29) is 12.2 Å². The van der Waals surface area contributed by atoms with Crippen molar-refractivity contribution in [2.75, 3.05) is 7.11 Å². The summed E-state index contributed by atoms with van der Waals surface area (Å²) in [6.45, 7) is 8.22. The molecule has 9 heteroatoms. The Morgan fingerprint density at radius 1 is 0.479 bits per heavy atom. The second kappa shape index (κ2) is 22.3. The van der Waals surface area contributed by atoms with Gasteiger partial charge in [-0.1, -0.05) is 135 Å². The van der Waals surface area contributed by atoms with Gasteiger partial charge in [-0.05, 0) is 79.7 Å². The van der Waals surface area contributed by atoms with E-state index >= 15 is 0 Å². The minimum Gasteiger partial charge on any atom is -0.497 e. The quantitative estimate of drug-likeness (QED) is 0.126. The standard InChI is InChI=1S/C14H8S4.C7H8OS.C7H8S.C6H6S.C4H10S.CH4/c1-2-6-10-9(5-1)15-13(16-10)14-17-11-7-3-4-8-12(11)18-14;1-8-6-2-4-7(9)5-3-6;1-6-2-4-7(8)5-3-6;7-6-4-2-1-3-5-6;1-4(2,3)5;/h1-8H;2-5,9H,1H3;2-5,8H,1H3;1-5,7H;5H,1-3H3;1H4. The Kier molecular flexibility index (Phi) is 19.8. The number of hydrogen-bond donors (Lipinski definition) is 4. The Hall–Kier alpha value is -1.56. The first-order chi connectivity index (χ1) is 22.4. The Balaban J connectivity index is 0.000000228. The third-order valence-corrected chi connectivity index (χ3v) is 12.1. The number of thioether (sulfide) groups is 4. The molecule has 0 unspecified atom stereocenters. The fourth-order valence-corrected chi connectivity index (χ4v) is 9.17. The molecule has 2 heterocycles. The van der Waals surface area contributed by atoms with Crippen LogP contribution in [0.5, 0.6) is 5.75 Å². The van der Waals surface area contributed by atoms with Crippen LogP contribution in [0.25, 0.3) is 0 Å². The van der Waals surface area contributed by atoms with Crippen LogP contribution in [0.2, 0.25) is 0 Å². The number of rotatable bonds is 1. The Morgan fingerprint density at radius 3 is 1.04 bits per heavy atom. The van der Waals surface area contributed by atoms with Gasteiger partial charge in [0.2, 0.25) is 0 Å². The van der Waals surface area contributed by atoms with Crippen molar-refractivity contribution in [3.63, 3.8) is 0 Å². The van der Waals surface area contributed by atoms with Gasteiger partial charge in [-0.3, -0.25) is 0 Å². The molecule has 0 bridgehead atoms. The lowest BCUT2D eigenvalue weighted by molar-refractivity contribution is 0.414. The number of thiol groups is 4. The fourth-order valence-electron chi connectivity index (χ4n) is 3.40. The molecule has 7 rings (SSSR count). The molecule has 5 aromatic rings. The predicted molar refractivity (Wildman–Crippen MR) is 231 cm³/mol. The highest BCUT2D eigenvalue weighted by Gasteiger charge is 2.26. The van der Waals surface area contributed by atoms with E-state index in [1.54, 1.807) is 7.11 Å². The summed E-state index contributed by atoms with van der Waals surface area (Å²) in [6.07, 6.45) is 0. The summed E-state index contributed by atoms with van der Waals surface area (Å²) in [4.78, 5) is 8.56. The topological polar surface area (TPSA) is 9.23 Å². The minimum atomic E-state index is 0. The van der Waals surface area contributed by atoms with Crippen molar-refractivity contribution in [3.05, 3.63) is 141 Å². The van der Waals surface area contributed by atoms with Crippen LogP contribution in [0.1, 0.15) is 33.8 Å². The van der Waals surface area contributed by atoms with Gasteiger partial charge in [0.1, 0.15) is 5.75 Å². The summed E-state index contributed by atoms with van der Waals surface area (Å²) in [6, 6.07) is 42.7. The molecule has 0 atom stereocenters. The molecule has 5 aromatic carbocycles. The zero-order valence-electron chi connectivity index (χ0n) is 27.0. The molecule has 254 valence electrons. The molecular weight excluding hydrogens is 741 g/mol. The predicted octanol–water partition coefficient (Wildman–Crippen LogP) is 14.5. The van der Waals surface area contributed by atoms with Crippen molar-refractivity contribution in [2.24, 2.45) is 0 Å². The van der Waals surface area contributed by atoms with E-state index in [1.807, 2.05) is 126 Å². The number of hydrogen-bond acceptors (Lipinski definition) is 9. The lowest BCUT2D eigenvalue weighted by Crippen LogP contribution is -1.99. The Bertz CT molecular complexity index is 1540. The lowest BCUT2D eigenvalue weighted by atomic mass is 10.2. The fraction of sp³-hybridized carbons (Fsp3) is 0.179. The van der Waals surface area contributed by atoms with Crippen LogP contribution in [0, 0.1) is 6.92 Å². The van der Waals surface area contributed by atoms with E-state index < -0.39 is 0 Å². The highest BCUT2D eigenvalue weighted by Crippen LogP contribution is 2.61. The molecule has 0 fully saturated rings. The van der Waals surface area contributed by atoms with E-state index in [9.17, 15) is 0 Å². The number of methoxy groups -OCH3 is 1. The van der Waals surface area contributed by atoms with E-state index in [0.29, 0.717) is 0 Å². The lowest BCUT2D eigenvalue weighted by Gasteiger charge is -2.04. The van der Waals surface area contributed by atoms with Crippen LogP contribution >= 0.6 is 97.6 Å². The van der Waals surface area contributed by atoms with Gasteiger partial charge in [0, 0.05) is 39.0 Å². The average molecular weight is 785 g/mol. The maximum Gasteiger partial charge on any atom is 0.118 e. The molecule has 0 radical (unpaired) electrons. The maximum absolute atomic E-state index is 4.94. The van der Waals surface area contributed by atoms with E-state index in [2.05, 4.69) is 127 Å². The summed E-state index contributed by atoms with van der Waals surface area (Å²) in [5.74, 6) is 0.868. The van der Waals surface area contributed by atoms with Crippen molar-refractivity contribution < 1.29 is 4.74 Å². The molecule has 0 aromatic heterocycles. The highest BCUT2D eigenvalue weighted by atomic mass is 32.2. The van der Waals surface area contributed by atoms with Crippen LogP contribution < -0.4 is 4.74 Å². The monoisotopic (exact) mass is 784 g/mol. The first-order valence-corrected chi connectivity index (χ1v) is 19.7. The van der Waals surface area contributed by atoms with Crippen molar-refractivity contribution in [3.8, 4) is 5.75 Å². The van der Waals surface area contributed by atoms with Crippen molar-refractivity contribution >= 4 is 97.6 Å². The van der Waals surface area contributed by atoms with Gasteiger partial charge in [0.25, 0.3) is 0 Å². The van der Waals surface area contributed by atoms with E-state index in [1.165, 1.54) is 33.6 Å². The molecule has 48 heavy (non-hydrogen) atoms. The van der Waals surface area contributed by atoms with Crippen molar-refractivity contribution in [1.82, 2.24) is 0 Å². The number of aryl methyl sites for hydroxylation is 1. The van der Waals surface area contributed by atoms with Gasteiger partial charge in [-0.2, -0.15) is 12.6 Å². The van der Waals surface area contributed by atoms with E-state index in [4.69, 9.17) is 4.74 Å². The maximum atomic E-state index is 4.94. The molecule has 2 aliphatic rings. The first kappa shape index (κ1) is 42.6. The van der Waals surface area contributed by atoms with Gasteiger partial charge >= 0.3 is 0 Å². The molecule has 0 aliphatic carbocycles. The largest absolute Gasteiger partial charge is 0.497 e. The smallest absolute Gasteiger partial charge is 0.118 e. The van der Waals surface area contributed by atoms with Gasteiger partial charge in [-0.15, -0.1) is 37.9 Å². The minimum absolute atomic E-state index is 0. The molecule has 0 saturated heterocycles. The van der Waals surface area contributed by atoms with E-state index in [0.717, 1.165) is 20.4 Å². The molecule has 0 N–H and O–H groups in total. The average Bonchev–Trinajstić information content (AvgIpc) is 3.68. The van der Waals surface area contributed by atoms with Crippen molar-refractivity contribution in [2.45, 2.75) is 74.1 Å². The number of benzene rings is 5. The van der Waals surface area contributed by atoms with Crippen LogP contribution in [0.3, 0.4) is 0 Å². The van der Waals surface area contributed by atoms with Gasteiger partial charge in [0.15, 0.2) is 0 Å². The number of ether oxygens (including phenoxy) is 1. The molecule has 2 aliphatic heterocycles. The molecule has 0 saturated carbocycles.